The van der Waals surface area contributed by atoms with Crippen LogP contribution in [0, 0.1) is 29.6 Å². The Morgan fingerprint density at radius 1 is 0.909 bits per heavy atom. The first-order chi connectivity index (χ1) is 21.2. The molecule has 0 aromatic heterocycles. The van der Waals surface area contributed by atoms with Gasteiger partial charge in [-0.25, -0.2) is 0 Å². The van der Waals surface area contributed by atoms with Crippen molar-refractivity contribution in [3.05, 3.63) is 82.9 Å². The maximum absolute atomic E-state index is 14.3. The van der Waals surface area contributed by atoms with Gasteiger partial charge in [0.05, 0.1) is 19.8 Å². The van der Waals surface area contributed by atoms with Crippen molar-refractivity contribution in [1.82, 2.24) is 0 Å². The van der Waals surface area contributed by atoms with Crippen molar-refractivity contribution in [1.29, 1.82) is 0 Å². The molecule has 1 aliphatic carbocycles. The zero-order valence-electron chi connectivity index (χ0n) is 25.6. The van der Waals surface area contributed by atoms with Crippen LogP contribution in [0.25, 0.3) is 0 Å². The number of ketones is 1. The quantitative estimate of drug-likeness (QED) is 0.103. The zero-order chi connectivity index (χ0) is 31.6. The second-order valence-electron chi connectivity index (χ2n) is 11.9. The number of phenols is 3. The van der Waals surface area contributed by atoms with Gasteiger partial charge in [-0.1, -0.05) is 68.5 Å². The van der Waals surface area contributed by atoms with E-state index in [9.17, 15) is 30.3 Å². The molecule has 0 radical (unpaired) electrons. The Labute approximate surface area is 260 Å². The number of aliphatic hydroxyl groups excluding tert-OH is 2. The number of methoxy groups -OCH3 is 1. The molecule has 3 aromatic rings. The average Bonchev–Trinajstić information content (AvgIpc) is 3.02. The molecule has 0 saturated heterocycles. The molecule has 0 spiro atoms. The molecule has 0 heterocycles. The van der Waals surface area contributed by atoms with E-state index in [0.717, 1.165) is 30.4 Å². The van der Waals surface area contributed by atoms with Crippen molar-refractivity contribution in [3.8, 4) is 34.8 Å². The third-order valence-electron chi connectivity index (χ3n) is 8.83. The predicted octanol–water partition coefficient (Wildman–Crippen LogP) is 6.03. The third kappa shape index (κ3) is 8.13. The summed E-state index contributed by atoms with van der Waals surface area (Å²) >= 11 is 0. The highest BCUT2D eigenvalue weighted by molar-refractivity contribution is 5.82. The van der Waals surface area contributed by atoms with E-state index >= 15 is 0 Å². The Bertz CT molecular complexity index is 1460. The van der Waals surface area contributed by atoms with Crippen LogP contribution >= 0.6 is 0 Å². The normalized spacial score (nSPS) is 22.2. The number of phenolic OH excluding ortho intramolecular Hbond substituents is 3. The Balaban J connectivity index is 1.81. The molecule has 7 heteroatoms. The summed E-state index contributed by atoms with van der Waals surface area (Å²) in [6.07, 6.45) is 3.71. The van der Waals surface area contributed by atoms with Crippen molar-refractivity contribution in [2.45, 2.75) is 76.9 Å². The van der Waals surface area contributed by atoms with E-state index in [2.05, 4.69) is 18.8 Å². The first-order valence-corrected chi connectivity index (χ1v) is 15.5. The topological polar surface area (TPSA) is 127 Å². The van der Waals surface area contributed by atoms with E-state index < -0.39 is 17.9 Å². The molecular formula is C37H44O7. The molecule has 1 aliphatic rings. The number of benzene rings is 3. The molecule has 4 rings (SSSR count). The number of Topliss-reactive ketones (excluding diaryl/α,β-unsaturated/α-hetero) is 1. The largest absolute Gasteiger partial charge is 0.504 e. The predicted molar refractivity (Wildman–Crippen MR) is 170 cm³/mol. The molecule has 234 valence electrons. The van der Waals surface area contributed by atoms with Crippen LogP contribution in [-0.2, 0) is 24.2 Å². The molecule has 5 atom stereocenters. The summed E-state index contributed by atoms with van der Waals surface area (Å²) < 4.78 is 5.42. The van der Waals surface area contributed by atoms with Gasteiger partial charge in [0, 0.05) is 36.5 Å². The third-order valence-corrected chi connectivity index (χ3v) is 8.83. The first kappa shape index (κ1) is 32.9. The lowest BCUT2D eigenvalue weighted by Gasteiger charge is -2.33. The van der Waals surface area contributed by atoms with Gasteiger partial charge in [-0.3, -0.25) is 4.79 Å². The van der Waals surface area contributed by atoms with E-state index in [0.29, 0.717) is 36.8 Å². The monoisotopic (exact) mass is 600 g/mol. The van der Waals surface area contributed by atoms with Crippen LogP contribution in [0.2, 0.25) is 0 Å². The minimum atomic E-state index is -0.956. The first-order valence-electron chi connectivity index (χ1n) is 15.5. The van der Waals surface area contributed by atoms with Gasteiger partial charge in [0.2, 0.25) is 0 Å². The molecule has 7 nitrogen and oxygen atoms in total. The van der Waals surface area contributed by atoms with Crippen molar-refractivity contribution >= 4 is 5.78 Å². The molecule has 0 saturated carbocycles. The molecule has 0 aliphatic heterocycles. The van der Waals surface area contributed by atoms with Crippen LogP contribution in [0.5, 0.6) is 23.0 Å². The smallest absolute Gasteiger partial charge is 0.160 e. The Morgan fingerprint density at radius 3 is 2.36 bits per heavy atom. The average molecular weight is 601 g/mol. The lowest BCUT2D eigenvalue weighted by Crippen LogP contribution is -2.37. The fraction of sp³-hybridized carbons (Fsp3) is 0.432. The highest BCUT2D eigenvalue weighted by Gasteiger charge is 2.37. The second-order valence-corrected chi connectivity index (χ2v) is 11.9. The van der Waals surface area contributed by atoms with Gasteiger partial charge in [-0.05, 0) is 65.8 Å². The van der Waals surface area contributed by atoms with Crippen molar-refractivity contribution in [2.75, 3.05) is 7.11 Å². The summed E-state index contributed by atoms with van der Waals surface area (Å²) in [7, 11) is 1.46. The summed E-state index contributed by atoms with van der Waals surface area (Å²) in [5.74, 6) is 4.77. The molecule has 5 unspecified atom stereocenters. The van der Waals surface area contributed by atoms with Gasteiger partial charge in [-0.15, -0.1) is 5.92 Å². The number of carbonyl (C=O) groups is 1. The number of hydrogen-bond acceptors (Lipinski definition) is 7. The van der Waals surface area contributed by atoms with Gasteiger partial charge < -0.3 is 30.3 Å². The summed E-state index contributed by atoms with van der Waals surface area (Å²) in [5.41, 5.74) is 3.01. The lowest BCUT2D eigenvalue weighted by atomic mass is 9.72. The maximum Gasteiger partial charge on any atom is 0.160 e. The molecule has 0 fully saturated rings. The summed E-state index contributed by atoms with van der Waals surface area (Å²) in [6, 6.07) is 17.8. The zero-order valence-corrected chi connectivity index (χ0v) is 25.6. The second kappa shape index (κ2) is 15.7. The Morgan fingerprint density at radius 2 is 1.68 bits per heavy atom. The highest BCUT2D eigenvalue weighted by atomic mass is 16.5. The van der Waals surface area contributed by atoms with Gasteiger partial charge in [0.25, 0.3) is 0 Å². The molecule has 44 heavy (non-hydrogen) atoms. The maximum atomic E-state index is 14.3. The van der Waals surface area contributed by atoms with Crippen molar-refractivity contribution in [3.63, 3.8) is 0 Å². The van der Waals surface area contributed by atoms with Crippen LogP contribution in [0.1, 0.15) is 73.6 Å². The Kier molecular flexibility index (Phi) is 11.7. The number of rotatable bonds is 11. The van der Waals surface area contributed by atoms with Gasteiger partial charge in [0.1, 0.15) is 5.78 Å². The van der Waals surface area contributed by atoms with Gasteiger partial charge in [-0.2, -0.15) is 0 Å². The number of hydrogen-bond donors (Lipinski definition) is 5. The van der Waals surface area contributed by atoms with Crippen molar-refractivity contribution < 1.29 is 35.1 Å². The van der Waals surface area contributed by atoms with Crippen LogP contribution in [0.3, 0.4) is 0 Å². The SMILES string of the molecule is CCCCCC1C(=O)CC(c2cc(OC)c(O)cc2CO)C(Cc2ccccc2)C#CCC(Cc2ccc(O)c(O)c2)C1O. The van der Waals surface area contributed by atoms with Gasteiger partial charge in [0.15, 0.2) is 23.0 Å². The fourth-order valence-corrected chi connectivity index (χ4v) is 6.37. The lowest BCUT2D eigenvalue weighted by molar-refractivity contribution is -0.128. The minimum absolute atomic E-state index is 0.0603. The summed E-state index contributed by atoms with van der Waals surface area (Å²) in [4.78, 5) is 14.3. The molecular weight excluding hydrogens is 556 g/mol. The number of ether oxygens (including phenoxy) is 1. The van der Waals surface area contributed by atoms with E-state index in [1.807, 2.05) is 30.3 Å². The van der Waals surface area contributed by atoms with Crippen LogP contribution in [0.4, 0.5) is 0 Å². The van der Waals surface area contributed by atoms with E-state index in [-0.39, 0.29) is 53.6 Å². The number of carbonyl (C=O) groups excluding carboxylic acids is 1. The minimum Gasteiger partial charge on any atom is -0.504 e. The molecule has 0 bridgehead atoms. The standard InChI is InChI=1S/C37H44O7/c1-3-4-6-14-29-33(40)21-30(31-22-36(44-2)35(42)20-28(31)23-38)26(17-24-10-7-5-8-11-24)12-9-13-27(37(29)43)18-25-15-16-32(39)34(41)19-25/h5,7-8,10-11,15-16,19-20,22,26-27,29-30,37-39,41-43H,3-4,6,13-14,17-18,21,23H2,1-2H3. The van der Waals surface area contributed by atoms with E-state index in [1.165, 1.54) is 25.3 Å². The summed E-state index contributed by atoms with van der Waals surface area (Å²) in [5, 5.41) is 52.5. The van der Waals surface area contributed by atoms with Gasteiger partial charge >= 0.3 is 0 Å². The number of unbranched alkanes of at least 4 members (excludes halogenated alkanes) is 2. The number of aliphatic hydroxyl groups is 2. The number of aromatic hydroxyl groups is 3. The van der Waals surface area contributed by atoms with E-state index in [4.69, 9.17) is 4.74 Å². The van der Waals surface area contributed by atoms with E-state index in [1.54, 1.807) is 12.1 Å². The molecule has 0 amide bonds. The van der Waals surface area contributed by atoms with Crippen LogP contribution in [0.15, 0.2) is 60.7 Å². The molecule has 5 N–H and O–H groups in total. The fourth-order valence-electron chi connectivity index (χ4n) is 6.37. The summed E-state index contributed by atoms with van der Waals surface area (Å²) in [6.45, 7) is 1.77. The highest BCUT2D eigenvalue weighted by Crippen LogP contribution is 2.41. The molecule has 3 aromatic carbocycles. The van der Waals surface area contributed by atoms with Crippen molar-refractivity contribution in [2.24, 2.45) is 17.8 Å². The Hall–Kier alpha value is -3.99. The van der Waals surface area contributed by atoms with Crippen LogP contribution < -0.4 is 4.74 Å². The van der Waals surface area contributed by atoms with Crippen LogP contribution in [-0.4, -0.2) is 44.5 Å².